The van der Waals surface area contributed by atoms with Crippen LogP contribution in [0.25, 0.3) is 0 Å². The quantitative estimate of drug-likeness (QED) is 0.586. The zero-order valence-electron chi connectivity index (χ0n) is 8.52. The molecule has 0 unspecified atom stereocenters. The fourth-order valence-corrected chi connectivity index (χ4v) is 1.06. The third-order valence-electron chi connectivity index (χ3n) is 1.77. The van der Waals surface area contributed by atoms with Gasteiger partial charge in [0, 0.05) is 13.6 Å². The van der Waals surface area contributed by atoms with Gasteiger partial charge in [-0.1, -0.05) is 13.8 Å². The summed E-state index contributed by atoms with van der Waals surface area (Å²) in [4.78, 5) is 13.8. The van der Waals surface area contributed by atoms with E-state index in [1.165, 1.54) is 6.33 Å². The first kappa shape index (κ1) is 10.5. The van der Waals surface area contributed by atoms with Crippen molar-refractivity contribution in [2.45, 2.75) is 13.8 Å². The van der Waals surface area contributed by atoms with Crippen molar-refractivity contribution in [1.82, 2.24) is 9.55 Å². The Morgan fingerprint density at radius 1 is 1.71 bits per heavy atom. The van der Waals surface area contributed by atoms with Crippen LogP contribution in [0.15, 0.2) is 6.33 Å². The number of hydrogen-bond acceptors (Lipinski definition) is 4. The molecule has 0 spiro atoms. The van der Waals surface area contributed by atoms with E-state index in [-0.39, 0.29) is 5.82 Å². The Morgan fingerprint density at radius 2 is 2.36 bits per heavy atom. The Balaban J connectivity index is 2.83. The molecule has 0 aromatic carbocycles. The molecule has 0 aliphatic rings. The molecular weight excluding hydrogens is 184 g/mol. The van der Waals surface area contributed by atoms with E-state index < -0.39 is 4.92 Å². The van der Waals surface area contributed by atoms with E-state index in [2.05, 4.69) is 10.3 Å². The average Bonchev–Trinajstić information content (AvgIpc) is 2.43. The van der Waals surface area contributed by atoms with Crippen LogP contribution in [0.3, 0.4) is 0 Å². The first-order chi connectivity index (χ1) is 6.52. The van der Waals surface area contributed by atoms with Crippen LogP contribution in [0, 0.1) is 16.0 Å². The van der Waals surface area contributed by atoms with Crippen molar-refractivity contribution < 1.29 is 4.92 Å². The molecule has 0 saturated heterocycles. The summed E-state index contributed by atoms with van der Waals surface area (Å²) in [6.45, 7) is 4.77. The zero-order chi connectivity index (χ0) is 10.7. The number of nitrogens with one attached hydrogen (secondary N) is 1. The van der Waals surface area contributed by atoms with Crippen molar-refractivity contribution in [3.63, 3.8) is 0 Å². The predicted molar refractivity (Wildman–Crippen MR) is 53.2 cm³/mol. The summed E-state index contributed by atoms with van der Waals surface area (Å²) in [5.74, 6) is 0.779. The molecule has 6 heteroatoms. The van der Waals surface area contributed by atoms with Gasteiger partial charge in [0.25, 0.3) is 0 Å². The van der Waals surface area contributed by atoms with Gasteiger partial charge >= 0.3 is 5.82 Å². The number of nitro groups is 1. The lowest BCUT2D eigenvalue weighted by Crippen LogP contribution is -2.11. The highest BCUT2D eigenvalue weighted by atomic mass is 16.6. The molecule has 1 N–H and O–H groups in total. The van der Waals surface area contributed by atoms with Crippen molar-refractivity contribution in [1.29, 1.82) is 0 Å². The summed E-state index contributed by atoms with van der Waals surface area (Å²) in [6, 6.07) is 0. The first-order valence-corrected chi connectivity index (χ1v) is 4.42. The molecule has 0 aliphatic heterocycles. The highest BCUT2D eigenvalue weighted by Crippen LogP contribution is 2.20. The monoisotopic (exact) mass is 198 g/mol. The SMILES string of the molecule is CC(C)CNc1c([N+](=O)[O-])ncn1C. The number of rotatable bonds is 4. The molecule has 0 bridgehead atoms. The maximum absolute atomic E-state index is 10.6. The Kier molecular flexibility index (Phi) is 3.06. The van der Waals surface area contributed by atoms with Crippen LogP contribution >= 0.6 is 0 Å². The minimum Gasteiger partial charge on any atom is -0.364 e. The lowest BCUT2D eigenvalue weighted by molar-refractivity contribution is -0.388. The minimum absolute atomic E-state index is 0.117. The Hall–Kier alpha value is -1.59. The Labute approximate surface area is 82.1 Å². The molecule has 0 radical (unpaired) electrons. The van der Waals surface area contributed by atoms with E-state index in [0.29, 0.717) is 18.3 Å². The molecule has 1 heterocycles. The van der Waals surface area contributed by atoms with Crippen LogP contribution < -0.4 is 5.32 Å². The van der Waals surface area contributed by atoms with E-state index >= 15 is 0 Å². The third-order valence-corrected chi connectivity index (χ3v) is 1.77. The summed E-state index contributed by atoms with van der Waals surface area (Å²) in [5, 5.41) is 13.6. The number of aryl methyl sites for hydroxylation is 1. The molecular formula is C8H14N4O2. The average molecular weight is 198 g/mol. The van der Waals surface area contributed by atoms with Crippen LogP contribution in [0.2, 0.25) is 0 Å². The van der Waals surface area contributed by atoms with Gasteiger partial charge in [0.2, 0.25) is 12.1 Å². The third kappa shape index (κ3) is 2.21. The molecule has 1 rings (SSSR count). The second-order valence-corrected chi connectivity index (χ2v) is 3.56. The molecule has 0 saturated carbocycles. The smallest absolute Gasteiger partial charge is 0.364 e. The highest BCUT2D eigenvalue weighted by molar-refractivity contribution is 5.51. The van der Waals surface area contributed by atoms with Crippen molar-refractivity contribution in [3.8, 4) is 0 Å². The van der Waals surface area contributed by atoms with Gasteiger partial charge in [-0.3, -0.25) is 4.57 Å². The van der Waals surface area contributed by atoms with Gasteiger partial charge in [-0.25, -0.2) is 0 Å². The van der Waals surface area contributed by atoms with Crippen LogP contribution in [-0.2, 0) is 7.05 Å². The van der Waals surface area contributed by atoms with Crippen molar-refractivity contribution in [2.75, 3.05) is 11.9 Å². The first-order valence-electron chi connectivity index (χ1n) is 4.42. The number of hydrogen-bond donors (Lipinski definition) is 1. The summed E-state index contributed by atoms with van der Waals surface area (Å²) in [6.07, 6.45) is 1.43. The second-order valence-electron chi connectivity index (χ2n) is 3.56. The number of nitrogens with zero attached hydrogens (tertiary/aromatic N) is 3. The normalized spacial score (nSPS) is 10.6. The maximum atomic E-state index is 10.6. The summed E-state index contributed by atoms with van der Waals surface area (Å²) >= 11 is 0. The van der Waals surface area contributed by atoms with E-state index in [4.69, 9.17) is 0 Å². The van der Waals surface area contributed by atoms with E-state index in [1.807, 2.05) is 13.8 Å². The summed E-state index contributed by atoms with van der Waals surface area (Å²) in [7, 11) is 1.72. The Bertz CT molecular complexity index is 332. The van der Waals surface area contributed by atoms with Crippen LogP contribution in [0.5, 0.6) is 0 Å². The van der Waals surface area contributed by atoms with Gasteiger partial charge in [0.1, 0.15) is 0 Å². The predicted octanol–water partition coefficient (Wildman–Crippen LogP) is 1.40. The molecule has 1 aromatic heterocycles. The largest absolute Gasteiger partial charge is 0.406 e. The Morgan fingerprint density at radius 3 is 2.86 bits per heavy atom. The van der Waals surface area contributed by atoms with Crippen LogP contribution in [0.1, 0.15) is 13.8 Å². The van der Waals surface area contributed by atoms with Crippen LogP contribution in [0.4, 0.5) is 11.6 Å². The lowest BCUT2D eigenvalue weighted by Gasteiger charge is -2.07. The van der Waals surface area contributed by atoms with Gasteiger partial charge in [0.05, 0.1) is 0 Å². The highest BCUT2D eigenvalue weighted by Gasteiger charge is 2.19. The molecule has 6 nitrogen and oxygen atoms in total. The standard InChI is InChI=1S/C8H14N4O2/c1-6(2)4-9-7-8(12(13)14)10-5-11(7)3/h5-6,9H,4H2,1-3H3. The lowest BCUT2D eigenvalue weighted by atomic mass is 10.2. The molecule has 0 aliphatic carbocycles. The molecule has 0 atom stereocenters. The fraction of sp³-hybridized carbons (Fsp3) is 0.625. The van der Waals surface area contributed by atoms with Gasteiger partial charge in [-0.05, 0) is 15.8 Å². The second kappa shape index (κ2) is 4.08. The van der Waals surface area contributed by atoms with Gasteiger partial charge < -0.3 is 15.4 Å². The van der Waals surface area contributed by atoms with E-state index in [1.54, 1.807) is 11.6 Å². The number of anilines is 1. The number of aromatic nitrogens is 2. The maximum Gasteiger partial charge on any atom is 0.406 e. The molecule has 14 heavy (non-hydrogen) atoms. The minimum atomic E-state index is -0.483. The zero-order valence-corrected chi connectivity index (χ0v) is 8.52. The van der Waals surface area contributed by atoms with E-state index in [9.17, 15) is 10.1 Å². The van der Waals surface area contributed by atoms with Gasteiger partial charge in [-0.2, -0.15) is 0 Å². The van der Waals surface area contributed by atoms with Crippen molar-refractivity contribution in [3.05, 3.63) is 16.4 Å². The summed E-state index contributed by atoms with van der Waals surface area (Å²) in [5.41, 5.74) is 0. The van der Waals surface area contributed by atoms with Gasteiger partial charge in [0.15, 0.2) is 0 Å². The molecule has 0 fully saturated rings. The van der Waals surface area contributed by atoms with E-state index in [0.717, 1.165) is 0 Å². The van der Waals surface area contributed by atoms with Crippen LogP contribution in [-0.4, -0.2) is 21.0 Å². The topological polar surface area (TPSA) is 73.0 Å². The van der Waals surface area contributed by atoms with Gasteiger partial charge in [-0.15, -0.1) is 0 Å². The fourth-order valence-electron chi connectivity index (χ4n) is 1.06. The van der Waals surface area contributed by atoms with Crippen molar-refractivity contribution >= 4 is 11.6 Å². The number of imidazole rings is 1. The molecule has 0 amide bonds. The van der Waals surface area contributed by atoms with Crippen molar-refractivity contribution in [2.24, 2.45) is 13.0 Å². The summed E-state index contributed by atoms with van der Waals surface area (Å²) < 4.78 is 1.61. The molecule has 1 aromatic rings. The molecule has 78 valence electrons.